The van der Waals surface area contributed by atoms with Crippen LogP contribution in [-0.4, -0.2) is 4.57 Å². The molecule has 3 nitrogen and oxygen atoms in total. The summed E-state index contributed by atoms with van der Waals surface area (Å²) in [6.07, 6.45) is -0.0767. The van der Waals surface area contributed by atoms with Crippen LogP contribution in [-0.2, 0) is 0 Å². The number of para-hydroxylation sites is 2. The van der Waals surface area contributed by atoms with E-state index in [2.05, 4.69) is 191 Å². The van der Waals surface area contributed by atoms with Crippen LogP contribution in [0.15, 0.2) is 176 Å². The van der Waals surface area contributed by atoms with Crippen molar-refractivity contribution in [1.82, 2.24) is 9.88 Å². The minimum Gasteiger partial charge on any atom is -0.366 e. The van der Waals surface area contributed by atoms with Gasteiger partial charge in [0.25, 0.3) is 0 Å². The van der Waals surface area contributed by atoms with E-state index in [4.69, 9.17) is 0 Å². The molecule has 0 fully saturated rings. The number of anilines is 1. The highest BCUT2D eigenvalue weighted by atomic mass is 15.2. The Morgan fingerprint density at radius 2 is 1.14 bits per heavy atom. The molecule has 0 bridgehead atoms. The largest absolute Gasteiger partial charge is 0.366 e. The lowest BCUT2D eigenvalue weighted by Gasteiger charge is -2.35. The fraction of sp³-hybridized carbons (Fsp3) is 0.0833. The molecule has 8 aromatic carbocycles. The highest BCUT2D eigenvalue weighted by Crippen LogP contribution is 2.41. The van der Waals surface area contributed by atoms with Gasteiger partial charge in [0.15, 0.2) is 0 Å². The number of nitrogens with one attached hydrogen (secondary N) is 2. The van der Waals surface area contributed by atoms with Crippen molar-refractivity contribution in [2.75, 3.05) is 5.32 Å². The zero-order valence-electron chi connectivity index (χ0n) is 28.8. The quantitative estimate of drug-likeness (QED) is 0.197. The van der Waals surface area contributed by atoms with Crippen molar-refractivity contribution in [1.29, 1.82) is 0 Å². The molecule has 246 valence electrons. The van der Waals surface area contributed by atoms with Crippen molar-refractivity contribution < 1.29 is 0 Å². The van der Waals surface area contributed by atoms with E-state index in [1.807, 2.05) is 13.8 Å². The average molecular weight is 658 g/mol. The Kier molecular flexibility index (Phi) is 7.83. The lowest BCUT2D eigenvalue weighted by molar-refractivity contribution is 0.506. The molecule has 2 N–H and O–H groups in total. The molecule has 0 spiro atoms. The maximum Gasteiger partial charge on any atom is 0.104 e. The lowest BCUT2D eigenvalue weighted by Crippen LogP contribution is -2.37. The fourth-order valence-corrected chi connectivity index (χ4v) is 7.96. The molecule has 1 aliphatic heterocycles. The first-order valence-electron chi connectivity index (χ1n) is 18.0. The third-order valence-corrected chi connectivity index (χ3v) is 10.3. The summed E-state index contributed by atoms with van der Waals surface area (Å²) in [5, 5.41) is 15.5. The number of rotatable bonds is 4. The summed E-state index contributed by atoms with van der Waals surface area (Å²) in [5.41, 5.74) is 10.9. The standard InChI is InChI=1S/C46H33N3.C2H6/c1-2-14-35(15-3-1)49-42-27-26-34(29-40(42)44-38-17-7-5-12-31(38)25-28-43(44)49)46-47-41-20-9-8-18-39(41)45(48-46)33-23-21-32(22-24-33)37-19-10-13-30-11-4-6-16-36(30)37;1-2/h1-29,45-48H;1-2H3. The molecule has 2 atom stereocenters. The van der Waals surface area contributed by atoms with Crippen LogP contribution >= 0.6 is 0 Å². The van der Waals surface area contributed by atoms with E-state index in [1.165, 1.54) is 76.9 Å². The number of hydrogen-bond acceptors (Lipinski definition) is 2. The van der Waals surface area contributed by atoms with Crippen LogP contribution in [0.2, 0.25) is 0 Å². The van der Waals surface area contributed by atoms with Crippen molar-refractivity contribution in [2.45, 2.75) is 26.1 Å². The summed E-state index contributed by atoms with van der Waals surface area (Å²) in [6.45, 7) is 4.00. The molecular weight excluding hydrogens is 619 g/mol. The SMILES string of the molecule is CC.c1ccc(-n2c3ccc(C4Nc5ccccc5C(c5ccc(-c6cccc7ccccc67)cc5)N4)cc3c3c4ccccc4ccc32)cc1. The van der Waals surface area contributed by atoms with Crippen LogP contribution in [0.1, 0.15) is 42.7 Å². The van der Waals surface area contributed by atoms with Crippen LogP contribution in [0.4, 0.5) is 5.69 Å². The molecule has 0 radical (unpaired) electrons. The Balaban J connectivity index is 0.00000171. The van der Waals surface area contributed by atoms with Gasteiger partial charge in [-0.1, -0.05) is 153 Å². The van der Waals surface area contributed by atoms with Gasteiger partial charge in [0.1, 0.15) is 6.17 Å². The Bertz CT molecular complexity index is 2660. The predicted molar refractivity (Wildman–Crippen MR) is 217 cm³/mol. The summed E-state index contributed by atoms with van der Waals surface area (Å²) >= 11 is 0. The Morgan fingerprint density at radius 3 is 1.96 bits per heavy atom. The lowest BCUT2D eigenvalue weighted by atomic mass is 9.91. The molecule has 0 saturated heterocycles. The molecule has 2 heterocycles. The van der Waals surface area contributed by atoms with Gasteiger partial charge in [0.05, 0.1) is 17.1 Å². The van der Waals surface area contributed by atoms with E-state index >= 15 is 0 Å². The fourth-order valence-electron chi connectivity index (χ4n) is 7.96. The number of fused-ring (bicyclic) bond motifs is 7. The molecule has 1 aliphatic rings. The van der Waals surface area contributed by atoms with Gasteiger partial charge in [0.2, 0.25) is 0 Å². The van der Waals surface area contributed by atoms with Gasteiger partial charge < -0.3 is 9.88 Å². The van der Waals surface area contributed by atoms with E-state index in [1.54, 1.807) is 0 Å². The molecule has 1 aromatic heterocycles. The maximum absolute atomic E-state index is 4.00. The van der Waals surface area contributed by atoms with Crippen molar-refractivity contribution in [3.8, 4) is 16.8 Å². The van der Waals surface area contributed by atoms with E-state index in [0.29, 0.717) is 0 Å². The molecule has 10 rings (SSSR count). The summed E-state index contributed by atoms with van der Waals surface area (Å²) in [4.78, 5) is 0. The normalized spacial score (nSPS) is 15.3. The van der Waals surface area contributed by atoms with Gasteiger partial charge in [-0.2, -0.15) is 0 Å². The van der Waals surface area contributed by atoms with Crippen LogP contribution in [0.25, 0.3) is 60.2 Å². The summed E-state index contributed by atoms with van der Waals surface area (Å²) < 4.78 is 2.40. The minimum absolute atomic E-state index is 0.0335. The highest BCUT2D eigenvalue weighted by Gasteiger charge is 2.28. The molecule has 51 heavy (non-hydrogen) atoms. The average Bonchev–Trinajstić information content (AvgIpc) is 3.55. The Labute approximate surface area is 298 Å². The summed E-state index contributed by atoms with van der Waals surface area (Å²) in [5.74, 6) is 0. The van der Waals surface area contributed by atoms with Crippen LogP contribution in [0.3, 0.4) is 0 Å². The third kappa shape index (κ3) is 5.26. The van der Waals surface area contributed by atoms with Crippen LogP contribution in [0, 0.1) is 0 Å². The van der Waals surface area contributed by atoms with E-state index in [9.17, 15) is 0 Å². The zero-order chi connectivity index (χ0) is 34.3. The monoisotopic (exact) mass is 657 g/mol. The number of hydrogen-bond donors (Lipinski definition) is 2. The smallest absolute Gasteiger partial charge is 0.104 e. The van der Waals surface area contributed by atoms with Crippen LogP contribution in [0.5, 0.6) is 0 Å². The van der Waals surface area contributed by atoms with Gasteiger partial charge in [-0.3, -0.25) is 5.32 Å². The number of benzene rings is 8. The van der Waals surface area contributed by atoms with E-state index < -0.39 is 0 Å². The molecule has 0 aliphatic carbocycles. The van der Waals surface area contributed by atoms with Gasteiger partial charge in [-0.25, -0.2) is 0 Å². The van der Waals surface area contributed by atoms with Gasteiger partial charge in [-0.05, 0) is 85.8 Å². The predicted octanol–water partition coefficient (Wildman–Crippen LogP) is 12.6. The van der Waals surface area contributed by atoms with Gasteiger partial charge >= 0.3 is 0 Å². The second-order valence-electron chi connectivity index (χ2n) is 13.0. The van der Waals surface area contributed by atoms with E-state index in [0.717, 1.165) is 5.69 Å². The topological polar surface area (TPSA) is 29.0 Å². The molecule has 3 heteroatoms. The van der Waals surface area contributed by atoms with E-state index in [-0.39, 0.29) is 12.2 Å². The van der Waals surface area contributed by atoms with Gasteiger partial charge in [-0.15, -0.1) is 0 Å². The molecule has 9 aromatic rings. The first-order valence-corrected chi connectivity index (χ1v) is 18.0. The zero-order valence-corrected chi connectivity index (χ0v) is 28.8. The molecule has 2 unspecified atom stereocenters. The first-order chi connectivity index (χ1) is 25.3. The molecular formula is C48H39N3. The van der Waals surface area contributed by atoms with Crippen molar-refractivity contribution in [3.05, 3.63) is 193 Å². The minimum atomic E-state index is -0.0767. The van der Waals surface area contributed by atoms with Crippen molar-refractivity contribution >= 4 is 49.0 Å². The number of nitrogens with zero attached hydrogens (tertiary/aromatic N) is 1. The molecule has 0 saturated carbocycles. The van der Waals surface area contributed by atoms with Gasteiger partial charge in [0, 0.05) is 22.1 Å². The second-order valence-corrected chi connectivity index (χ2v) is 13.0. The van der Waals surface area contributed by atoms with Crippen molar-refractivity contribution in [3.63, 3.8) is 0 Å². The first kappa shape index (κ1) is 30.9. The Morgan fingerprint density at radius 1 is 0.490 bits per heavy atom. The molecule has 0 amide bonds. The van der Waals surface area contributed by atoms with Crippen LogP contribution < -0.4 is 10.6 Å². The highest BCUT2D eigenvalue weighted by molar-refractivity contribution is 6.21. The number of aromatic nitrogens is 1. The second kappa shape index (κ2) is 12.9. The maximum atomic E-state index is 4.00. The summed E-state index contributed by atoms with van der Waals surface area (Å²) in [7, 11) is 0. The van der Waals surface area contributed by atoms with Crippen molar-refractivity contribution in [2.24, 2.45) is 0 Å². The third-order valence-electron chi connectivity index (χ3n) is 10.3. The Hall–Kier alpha value is -6.16. The summed E-state index contributed by atoms with van der Waals surface area (Å²) in [6, 6.07) is 63.9.